The zero-order valence-corrected chi connectivity index (χ0v) is 13.3. The zero-order valence-electron chi connectivity index (χ0n) is 13.3. The Kier molecular flexibility index (Phi) is 7.02. The molecule has 1 rings (SSSR count). The van der Waals surface area contributed by atoms with Crippen molar-refractivity contribution in [1.29, 1.82) is 0 Å². The summed E-state index contributed by atoms with van der Waals surface area (Å²) >= 11 is 0. The summed E-state index contributed by atoms with van der Waals surface area (Å²) in [5, 5.41) is 9.44. The van der Waals surface area contributed by atoms with Crippen LogP contribution >= 0.6 is 0 Å². The van der Waals surface area contributed by atoms with Gasteiger partial charge in [-0.25, -0.2) is 0 Å². The van der Waals surface area contributed by atoms with Gasteiger partial charge in [0.25, 0.3) is 0 Å². The van der Waals surface area contributed by atoms with Crippen molar-refractivity contribution in [3.63, 3.8) is 0 Å². The van der Waals surface area contributed by atoms with Gasteiger partial charge in [-0.2, -0.15) is 0 Å². The van der Waals surface area contributed by atoms with Crippen LogP contribution in [0, 0.1) is 0 Å². The number of unbranched alkanes of at least 4 members (excludes halogenated alkanes) is 1. The van der Waals surface area contributed by atoms with E-state index in [0.29, 0.717) is 17.9 Å². The molecule has 1 unspecified atom stereocenters. The molecular weight excluding hydrogens is 270 g/mol. The van der Waals surface area contributed by atoms with E-state index in [0.717, 1.165) is 24.9 Å². The highest BCUT2D eigenvalue weighted by molar-refractivity contribution is 5.76. The highest BCUT2D eigenvalue weighted by Crippen LogP contribution is 2.32. The molecule has 0 heterocycles. The molecular formula is C16H25NO4. The Labute approximate surface area is 126 Å². The topological polar surface area (TPSA) is 59.0 Å². The Balaban J connectivity index is 2.78. The number of carboxylic acids is 1. The predicted molar refractivity (Wildman–Crippen MR) is 82.3 cm³/mol. The van der Waals surface area contributed by atoms with Gasteiger partial charge in [-0.15, -0.1) is 0 Å². The number of hydrogen-bond donors (Lipinski definition) is 1. The summed E-state index contributed by atoms with van der Waals surface area (Å²) in [5.41, 5.74) is 0.755. The summed E-state index contributed by atoms with van der Waals surface area (Å²) in [6, 6.07) is 5.31. The fourth-order valence-corrected chi connectivity index (χ4v) is 2.28. The number of rotatable bonds is 9. The van der Waals surface area contributed by atoms with Crippen molar-refractivity contribution in [2.75, 3.05) is 34.9 Å². The first kappa shape index (κ1) is 17.3. The van der Waals surface area contributed by atoms with Crippen LogP contribution in [0.3, 0.4) is 0 Å². The number of nitrogens with zero attached hydrogens (tertiary/aromatic N) is 1. The number of aliphatic carboxylic acids is 1. The molecule has 118 valence electrons. The van der Waals surface area contributed by atoms with Crippen molar-refractivity contribution in [1.82, 2.24) is 4.90 Å². The van der Waals surface area contributed by atoms with Gasteiger partial charge in [0.15, 0.2) is 11.5 Å². The van der Waals surface area contributed by atoms with Crippen LogP contribution in [-0.4, -0.2) is 50.8 Å². The first-order chi connectivity index (χ1) is 9.99. The van der Waals surface area contributed by atoms with Gasteiger partial charge in [-0.05, 0) is 51.2 Å². The molecule has 0 fully saturated rings. The number of ether oxygens (including phenoxy) is 2. The van der Waals surface area contributed by atoms with Gasteiger partial charge in [-0.1, -0.05) is 12.5 Å². The van der Waals surface area contributed by atoms with Gasteiger partial charge >= 0.3 is 5.97 Å². The van der Waals surface area contributed by atoms with E-state index < -0.39 is 11.9 Å². The van der Waals surface area contributed by atoms with Gasteiger partial charge in [0.2, 0.25) is 0 Å². The van der Waals surface area contributed by atoms with E-state index in [1.807, 2.05) is 14.1 Å². The molecule has 0 aromatic heterocycles. The number of carbonyl (C=O) groups is 1. The second-order valence-corrected chi connectivity index (χ2v) is 5.30. The van der Waals surface area contributed by atoms with Crippen molar-refractivity contribution in [2.24, 2.45) is 0 Å². The van der Waals surface area contributed by atoms with Crippen molar-refractivity contribution < 1.29 is 19.4 Å². The molecule has 0 aliphatic rings. The molecule has 1 aromatic rings. The quantitative estimate of drug-likeness (QED) is 0.710. The number of hydrogen-bond acceptors (Lipinski definition) is 4. The molecule has 21 heavy (non-hydrogen) atoms. The first-order valence-corrected chi connectivity index (χ1v) is 7.09. The molecule has 5 nitrogen and oxygen atoms in total. The van der Waals surface area contributed by atoms with Gasteiger partial charge in [-0.3, -0.25) is 4.79 Å². The van der Waals surface area contributed by atoms with E-state index in [1.54, 1.807) is 32.4 Å². The average Bonchev–Trinajstić information content (AvgIpc) is 2.45. The maximum atomic E-state index is 11.5. The largest absolute Gasteiger partial charge is 0.493 e. The fourth-order valence-electron chi connectivity index (χ4n) is 2.28. The monoisotopic (exact) mass is 295 g/mol. The summed E-state index contributed by atoms with van der Waals surface area (Å²) < 4.78 is 10.4. The minimum Gasteiger partial charge on any atom is -0.493 e. The summed E-state index contributed by atoms with van der Waals surface area (Å²) in [6.07, 6.45) is 2.49. The molecule has 1 aromatic carbocycles. The molecule has 5 heteroatoms. The molecule has 1 N–H and O–H groups in total. The lowest BCUT2D eigenvalue weighted by molar-refractivity contribution is -0.139. The Morgan fingerprint density at radius 2 is 1.86 bits per heavy atom. The molecule has 0 bridgehead atoms. The van der Waals surface area contributed by atoms with Crippen LogP contribution in [0.1, 0.15) is 30.7 Å². The molecule has 0 saturated carbocycles. The summed E-state index contributed by atoms with van der Waals surface area (Å²) in [6.45, 7) is 0.971. The number of benzene rings is 1. The summed E-state index contributed by atoms with van der Waals surface area (Å²) in [4.78, 5) is 13.6. The lowest BCUT2D eigenvalue weighted by Gasteiger charge is -2.16. The maximum Gasteiger partial charge on any atom is 0.310 e. The van der Waals surface area contributed by atoms with E-state index >= 15 is 0 Å². The molecule has 0 saturated heterocycles. The second kappa shape index (κ2) is 8.52. The fraction of sp³-hybridized carbons (Fsp3) is 0.562. The van der Waals surface area contributed by atoms with Crippen LogP contribution in [0.15, 0.2) is 18.2 Å². The lowest BCUT2D eigenvalue weighted by Crippen LogP contribution is -2.15. The van der Waals surface area contributed by atoms with Gasteiger partial charge < -0.3 is 19.5 Å². The lowest BCUT2D eigenvalue weighted by atomic mass is 9.93. The molecule has 0 aliphatic heterocycles. The maximum absolute atomic E-state index is 11.5. The van der Waals surface area contributed by atoms with Crippen LogP contribution in [0.25, 0.3) is 0 Å². The Bertz CT molecular complexity index is 460. The molecule has 1 atom stereocenters. The smallest absolute Gasteiger partial charge is 0.310 e. The number of methoxy groups -OCH3 is 2. The van der Waals surface area contributed by atoms with Crippen LogP contribution in [-0.2, 0) is 4.79 Å². The van der Waals surface area contributed by atoms with Crippen molar-refractivity contribution in [2.45, 2.75) is 25.2 Å². The predicted octanol–water partition coefficient (Wildman–Crippen LogP) is 2.60. The Hall–Kier alpha value is -1.75. The van der Waals surface area contributed by atoms with Crippen LogP contribution in [0.4, 0.5) is 0 Å². The third-order valence-electron chi connectivity index (χ3n) is 3.46. The van der Waals surface area contributed by atoms with Gasteiger partial charge in [0.05, 0.1) is 20.1 Å². The second-order valence-electron chi connectivity index (χ2n) is 5.30. The SMILES string of the molecule is COc1ccc(C(CCCCN(C)C)C(=O)O)cc1OC. The summed E-state index contributed by atoms with van der Waals surface area (Å²) in [7, 11) is 7.15. The van der Waals surface area contributed by atoms with E-state index in [2.05, 4.69) is 4.90 Å². The van der Waals surface area contributed by atoms with Crippen molar-refractivity contribution in [3.8, 4) is 11.5 Å². The minimum absolute atomic E-state index is 0.507. The van der Waals surface area contributed by atoms with Gasteiger partial charge in [0, 0.05) is 0 Å². The highest BCUT2D eigenvalue weighted by atomic mass is 16.5. The van der Waals surface area contributed by atoms with Crippen LogP contribution < -0.4 is 9.47 Å². The van der Waals surface area contributed by atoms with E-state index in [1.165, 1.54) is 0 Å². The highest BCUT2D eigenvalue weighted by Gasteiger charge is 2.21. The van der Waals surface area contributed by atoms with E-state index in [4.69, 9.17) is 9.47 Å². The number of carboxylic acid groups (broad SMARTS) is 1. The van der Waals surface area contributed by atoms with Crippen molar-refractivity contribution >= 4 is 5.97 Å². The molecule has 0 aliphatic carbocycles. The van der Waals surface area contributed by atoms with Crippen molar-refractivity contribution in [3.05, 3.63) is 23.8 Å². The third kappa shape index (κ3) is 5.27. The van der Waals surface area contributed by atoms with Crippen LogP contribution in [0.5, 0.6) is 11.5 Å². The molecule has 0 spiro atoms. The zero-order chi connectivity index (χ0) is 15.8. The normalized spacial score (nSPS) is 12.2. The summed E-state index contributed by atoms with van der Waals surface area (Å²) in [5.74, 6) is -0.133. The van der Waals surface area contributed by atoms with Gasteiger partial charge in [0.1, 0.15) is 0 Å². The minimum atomic E-state index is -0.799. The Morgan fingerprint density at radius 1 is 1.19 bits per heavy atom. The standard InChI is InChI=1S/C16H25NO4/c1-17(2)10-6-5-7-13(16(18)19)12-8-9-14(20-3)15(11-12)21-4/h8-9,11,13H,5-7,10H2,1-4H3,(H,18,19). The van der Waals surface area contributed by atoms with E-state index in [-0.39, 0.29) is 0 Å². The Morgan fingerprint density at radius 3 is 2.38 bits per heavy atom. The molecule has 0 amide bonds. The average molecular weight is 295 g/mol. The molecule has 0 radical (unpaired) electrons. The first-order valence-electron chi connectivity index (χ1n) is 7.09. The van der Waals surface area contributed by atoms with Crippen LogP contribution in [0.2, 0.25) is 0 Å². The van der Waals surface area contributed by atoms with E-state index in [9.17, 15) is 9.90 Å². The third-order valence-corrected chi connectivity index (χ3v) is 3.46.